The van der Waals surface area contributed by atoms with Crippen molar-refractivity contribution in [1.29, 1.82) is 0 Å². The van der Waals surface area contributed by atoms with Gasteiger partial charge in [-0.2, -0.15) is 0 Å². The van der Waals surface area contributed by atoms with Crippen molar-refractivity contribution in [3.63, 3.8) is 0 Å². The first-order valence-corrected chi connectivity index (χ1v) is 6.21. The summed E-state index contributed by atoms with van der Waals surface area (Å²) in [5.74, 6) is -1.51. The summed E-state index contributed by atoms with van der Waals surface area (Å²) in [6.45, 7) is 1.06. The molecule has 1 atom stereocenters. The van der Waals surface area contributed by atoms with Crippen molar-refractivity contribution in [2.75, 3.05) is 19.8 Å². The molecule has 0 heterocycles. The molecule has 2 N–H and O–H groups in total. The van der Waals surface area contributed by atoms with Crippen LogP contribution in [0.1, 0.15) is 32.1 Å². The Labute approximate surface area is 106 Å². The summed E-state index contributed by atoms with van der Waals surface area (Å²) < 4.78 is 5.16. The molecule has 0 bridgehead atoms. The van der Waals surface area contributed by atoms with Crippen LogP contribution >= 0.6 is 0 Å². The second-order valence-corrected chi connectivity index (χ2v) is 4.31. The quantitative estimate of drug-likeness (QED) is 0.483. The molecule has 1 aliphatic carbocycles. The van der Waals surface area contributed by atoms with Crippen molar-refractivity contribution in [1.82, 2.24) is 5.32 Å². The Morgan fingerprint density at radius 3 is 2.78 bits per heavy atom. The molecule has 6 nitrogen and oxygen atoms in total. The molecule has 0 aromatic carbocycles. The van der Waals surface area contributed by atoms with Crippen LogP contribution < -0.4 is 5.32 Å². The molecule has 6 heteroatoms. The molecule has 0 radical (unpaired) electrons. The minimum Gasteiger partial charge on any atom is -0.481 e. The van der Waals surface area contributed by atoms with Crippen molar-refractivity contribution >= 4 is 17.7 Å². The van der Waals surface area contributed by atoms with E-state index in [-0.39, 0.29) is 18.1 Å². The van der Waals surface area contributed by atoms with E-state index in [0.717, 1.165) is 6.42 Å². The SMILES string of the molecule is O=C(O)CCCOCCNC(=O)C1CCCC1=O. The van der Waals surface area contributed by atoms with E-state index in [2.05, 4.69) is 5.32 Å². The van der Waals surface area contributed by atoms with E-state index in [1.165, 1.54) is 0 Å². The first kappa shape index (κ1) is 14.6. The number of ether oxygens (including phenoxy) is 1. The van der Waals surface area contributed by atoms with Crippen LogP contribution in [0.2, 0.25) is 0 Å². The van der Waals surface area contributed by atoms with E-state index in [1.807, 2.05) is 0 Å². The molecule has 1 amide bonds. The Morgan fingerprint density at radius 1 is 1.39 bits per heavy atom. The molecular weight excluding hydrogens is 238 g/mol. The first-order valence-electron chi connectivity index (χ1n) is 6.21. The molecule has 102 valence electrons. The number of carbonyl (C=O) groups is 3. The highest BCUT2D eigenvalue weighted by atomic mass is 16.5. The maximum Gasteiger partial charge on any atom is 0.303 e. The summed E-state index contributed by atoms with van der Waals surface area (Å²) in [4.78, 5) is 33.1. The largest absolute Gasteiger partial charge is 0.481 e. The maximum atomic E-state index is 11.6. The Kier molecular flexibility index (Phi) is 6.35. The van der Waals surface area contributed by atoms with Crippen LogP contribution in [-0.2, 0) is 19.1 Å². The lowest BCUT2D eigenvalue weighted by molar-refractivity contribution is -0.137. The zero-order valence-electron chi connectivity index (χ0n) is 10.3. The normalized spacial score (nSPS) is 18.9. The number of rotatable bonds is 8. The number of carboxylic acid groups (broad SMARTS) is 1. The third kappa shape index (κ3) is 5.27. The van der Waals surface area contributed by atoms with Gasteiger partial charge in [0.1, 0.15) is 5.78 Å². The van der Waals surface area contributed by atoms with E-state index in [9.17, 15) is 14.4 Å². The second-order valence-electron chi connectivity index (χ2n) is 4.31. The van der Waals surface area contributed by atoms with Crippen LogP contribution in [0.5, 0.6) is 0 Å². The van der Waals surface area contributed by atoms with Crippen molar-refractivity contribution in [2.24, 2.45) is 5.92 Å². The lowest BCUT2D eigenvalue weighted by Crippen LogP contribution is -2.35. The Hall–Kier alpha value is -1.43. The number of carboxylic acids is 1. The van der Waals surface area contributed by atoms with Crippen molar-refractivity contribution in [3.05, 3.63) is 0 Å². The molecule has 1 aliphatic rings. The fourth-order valence-corrected chi connectivity index (χ4v) is 1.89. The van der Waals surface area contributed by atoms with Gasteiger partial charge in [0, 0.05) is 26.0 Å². The number of hydrogen-bond acceptors (Lipinski definition) is 4. The van der Waals surface area contributed by atoms with Gasteiger partial charge in [0.05, 0.1) is 12.5 Å². The van der Waals surface area contributed by atoms with E-state index in [4.69, 9.17) is 9.84 Å². The molecule has 1 unspecified atom stereocenters. The third-order valence-electron chi connectivity index (χ3n) is 2.85. The Morgan fingerprint density at radius 2 is 2.17 bits per heavy atom. The van der Waals surface area contributed by atoms with Crippen LogP contribution in [0.4, 0.5) is 0 Å². The molecule has 1 fully saturated rings. The van der Waals surface area contributed by atoms with Gasteiger partial charge in [0.15, 0.2) is 0 Å². The highest BCUT2D eigenvalue weighted by molar-refractivity contribution is 6.02. The molecule has 1 saturated carbocycles. The predicted molar refractivity (Wildman–Crippen MR) is 63.0 cm³/mol. The fourth-order valence-electron chi connectivity index (χ4n) is 1.89. The summed E-state index contributed by atoms with van der Waals surface area (Å²) in [6, 6.07) is 0. The van der Waals surface area contributed by atoms with Crippen molar-refractivity contribution < 1.29 is 24.2 Å². The summed E-state index contributed by atoms with van der Waals surface area (Å²) in [6.07, 6.45) is 2.49. The summed E-state index contributed by atoms with van der Waals surface area (Å²) in [5.41, 5.74) is 0. The minimum absolute atomic E-state index is 0.0230. The molecule has 0 aromatic heterocycles. The molecule has 0 aromatic rings. The molecular formula is C12H19NO5. The second kappa shape index (κ2) is 7.81. The average Bonchev–Trinajstić information content (AvgIpc) is 2.73. The molecule has 0 saturated heterocycles. The van der Waals surface area contributed by atoms with Crippen LogP contribution in [0.15, 0.2) is 0 Å². The standard InChI is InChI=1S/C12H19NO5/c14-10-4-1-3-9(10)12(17)13-6-8-18-7-2-5-11(15)16/h9H,1-8H2,(H,13,17)(H,15,16). The monoisotopic (exact) mass is 257 g/mol. The smallest absolute Gasteiger partial charge is 0.303 e. The lowest BCUT2D eigenvalue weighted by atomic mass is 10.1. The van der Waals surface area contributed by atoms with E-state index in [0.29, 0.717) is 39.0 Å². The van der Waals surface area contributed by atoms with Crippen molar-refractivity contribution in [2.45, 2.75) is 32.1 Å². The number of Topliss-reactive ketones (excluding diaryl/α,β-unsaturated/α-hetero) is 1. The van der Waals surface area contributed by atoms with Gasteiger partial charge in [-0.3, -0.25) is 14.4 Å². The van der Waals surface area contributed by atoms with Gasteiger partial charge < -0.3 is 15.2 Å². The topological polar surface area (TPSA) is 92.7 Å². The number of aliphatic carboxylic acids is 1. The van der Waals surface area contributed by atoms with Crippen LogP contribution in [0.25, 0.3) is 0 Å². The molecule has 18 heavy (non-hydrogen) atoms. The number of hydrogen-bond donors (Lipinski definition) is 2. The van der Waals surface area contributed by atoms with Gasteiger partial charge in [-0.25, -0.2) is 0 Å². The summed E-state index contributed by atoms with van der Waals surface area (Å²) >= 11 is 0. The third-order valence-corrected chi connectivity index (χ3v) is 2.85. The minimum atomic E-state index is -0.841. The Bertz CT molecular complexity index is 316. The van der Waals surface area contributed by atoms with Gasteiger partial charge >= 0.3 is 5.97 Å². The molecule has 1 rings (SSSR count). The highest BCUT2D eigenvalue weighted by Crippen LogP contribution is 2.20. The fraction of sp³-hybridized carbons (Fsp3) is 0.750. The summed E-state index contributed by atoms with van der Waals surface area (Å²) in [7, 11) is 0. The molecule has 0 aliphatic heterocycles. The predicted octanol–water partition coefficient (Wildman–Crippen LogP) is 0.353. The van der Waals surface area contributed by atoms with Gasteiger partial charge in [0.2, 0.25) is 5.91 Å². The van der Waals surface area contributed by atoms with Gasteiger partial charge in [0.25, 0.3) is 0 Å². The van der Waals surface area contributed by atoms with Gasteiger partial charge in [-0.15, -0.1) is 0 Å². The highest BCUT2D eigenvalue weighted by Gasteiger charge is 2.30. The number of nitrogens with one attached hydrogen (secondary N) is 1. The van der Waals surface area contributed by atoms with Crippen LogP contribution in [0.3, 0.4) is 0 Å². The first-order chi connectivity index (χ1) is 8.61. The van der Waals surface area contributed by atoms with E-state index < -0.39 is 11.9 Å². The molecule has 0 spiro atoms. The van der Waals surface area contributed by atoms with Crippen LogP contribution in [-0.4, -0.2) is 42.5 Å². The number of amides is 1. The summed E-state index contributed by atoms with van der Waals surface area (Å²) in [5, 5.41) is 11.0. The number of carbonyl (C=O) groups excluding carboxylic acids is 2. The maximum absolute atomic E-state index is 11.6. The van der Waals surface area contributed by atoms with E-state index >= 15 is 0 Å². The zero-order chi connectivity index (χ0) is 13.4. The van der Waals surface area contributed by atoms with Crippen molar-refractivity contribution in [3.8, 4) is 0 Å². The van der Waals surface area contributed by atoms with E-state index in [1.54, 1.807) is 0 Å². The Balaban J connectivity index is 1.99. The van der Waals surface area contributed by atoms with Gasteiger partial charge in [-0.05, 0) is 19.3 Å². The lowest BCUT2D eigenvalue weighted by Gasteiger charge is -2.09. The van der Waals surface area contributed by atoms with Gasteiger partial charge in [-0.1, -0.05) is 0 Å². The zero-order valence-corrected chi connectivity index (χ0v) is 10.3. The number of ketones is 1. The van der Waals surface area contributed by atoms with Crippen LogP contribution in [0, 0.1) is 5.92 Å². The average molecular weight is 257 g/mol.